The van der Waals surface area contributed by atoms with Crippen LogP contribution in [0.2, 0.25) is 0 Å². The summed E-state index contributed by atoms with van der Waals surface area (Å²) in [5.41, 5.74) is 2.50. The molecular weight excluding hydrogens is 408 g/mol. The lowest BCUT2D eigenvalue weighted by atomic mass is 9.99. The fourth-order valence-corrected chi connectivity index (χ4v) is 4.67. The van der Waals surface area contributed by atoms with Crippen LogP contribution in [0, 0.1) is 6.92 Å². The van der Waals surface area contributed by atoms with Gasteiger partial charge in [0, 0.05) is 16.2 Å². The summed E-state index contributed by atoms with van der Waals surface area (Å²) in [6, 6.07) is 7.96. The number of nitrogens with one attached hydrogen (secondary N) is 1. The molecule has 0 aliphatic carbocycles. The first kappa shape index (κ1) is 21.2. The van der Waals surface area contributed by atoms with Gasteiger partial charge in [0.25, 0.3) is 0 Å². The van der Waals surface area contributed by atoms with Gasteiger partial charge >= 0.3 is 0 Å². The predicted molar refractivity (Wildman–Crippen MR) is 112 cm³/mol. The van der Waals surface area contributed by atoms with E-state index >= 15 is 0 Å². The standard InChI is InChI=1S/C21H26N2O6S/c1-3-11-4-5-12(30-11)8-14-17-13(22-23-14)6-10(2)7-15(17)28-21-20(27)19(26)18(25)16(9-24)29-21/h4-7,16,18-21,24-27H,3,8-9H2,1-2H3,(H,22,23)/t16-,18-,19+,20-,21-/m1/s1. The van der Waals surface area contributed by atoms with Gasteiger partial charge < -0.3 is 29.9 Å². The van der Waals surface area contributed by atoms with E-state index in [2.05, 4.69) is 29.3 Å². The highest BCUT2D eigenvalue weighted by Crippen LogP contribution is 2.34. The van der Waals surface area contributed by atoms with E-state index in [0.29, 0.717) is 12.2 Å². The van der Waals surface area contributed by atoms with E-state index in [1.54, 1.807) is 11.3 Å². The molecular formula is C21H26N2O6S. The number of aryl methyl sites for hydroxylation is 2. The molecule has 1 aromatic carbocycles. The number of hydrogen-bond acceptors (Lipinski definition) is 8. The van der Waals surface area contributed by atoms with E-state index in [9.17, 15) is 20.4 Å². The zero-order valence-corrected chi connectivity index (χ0v) is 17.6. The third-order valence-electron chi connectivity index (χ3n) is 5.35. The summed E-state index contributed by atoms with van der Waals surface area (Å²) in [6.45, 7) is 3.51. The molecule has 8 nitrogen and oxygen atoms in total. The van der Waals surface area contributed by atoms with Crippen LogP contribution in [0.25, 0.3) is 10.9 Å². The second-order valence-electron chi connectivity index (χ2n) is 7.57. The first-order chi connectivity index (χ1) is 14.4. The minimum absolute atomic E-state index is 0.449. The zero-order chi connectivity index (χ0) is 21.4. The number of aromatic amines is 1. The number of ether oxygens (including phenoxy) is 2. The minimum atomic E-state index is -1.50. The van der Waals surface area contributed by atoms with Crippen molar-refractivity contribution in [3.63, 3.8) is 0 Å². The fraction of sp³-hybridized carbons (Fsp3) is 0.476. The van der Waals surface area contributed by atoms with E-state index in [4.69, 9.17) is 9.47 Å². The second-order valence-corrected chi connectivity index (χ2v) is 8.83. The predicted octanol–water partition coefficient (Wildman–Crippen LogP) is 1.26. The van der Waals surface area contributed by atoms with Gasteiger partial charge in [-0.2, -0.15) is 5.10 Å². The van der Waals surface area contributed by atoms with Crippen LogP contribution in [0.5, 0.6) is 5.75 Å². The smallest absolute Gasteiger partial charge is 0.229 e. The maximum Gasteiger partial charge on any atom is 0.229 e. The number of benzene rings is 1. The summed E-state index contributed by atoms with van der Waals surface area (Å²) in [5, 5.41) is 48.1. The molecule has 5 atom stereocenters. The van der Waals surface area contributed by atoms with Crippen molar-refractivity contribution in [3.05, 3.63) is 45.3 Å². The van der Waals surface area contributed by atoms with Crippen LogP contribution in [-0.2, 0) is 17.6 Å². The van der Waals surface area contributed by atoms with Gasteiger partial charge in [0.15, 0.2) is 0 Å². The van der Waals surface area contributed by atoms with E-state index < -0.39 is 37.3 Å². The third-order valence-corrected chi connectivity index (χ3v) is 6.58. The number of nitrogens with zero attached hydrogens (tertiary/aromatic N) is 1. The largest absolute Gasteiger partial charge is 0.461 e. The Balaban J connectivity index is 1.67. The molecule has 2 aromatic heterocycles. The van der Waals surface area contributed by atoms with Gasteiger partial charge in [-0.25, -0.2) is 0 Å². The summed E-state index contributed by atoms with van der Waals surface area (Å²) in [5.74, 6) is 0.449. The van der Waals surface area contributed by atoms with Gasteiger partial charge in [-0.05, 0) is 43.2 Å². The Morgan fingerprint density at radius 1 is 1.13 bits per heavy atom. The highest BCUT2D eigenvalue weighted by molar-refractivity contribution is 7.12. The molecule has 0 radical (unpaired) electrons. The summed E-state index contributed by atoms with van der Waals surface area (Å²) in [4.78, 5) is 2.50. The van der Waals surface area contributed by atoms with Crippen LogP contribution >= 0.6 is 11.3 Å². The number of aliphatic hydroxyl groups excluding tert-OH is 4. The van der Waals surface area contributed by atoms with Crippen LogP contribution in [0.4, 0.5) is 0 Å². The van der Waals surface area contributed by atoms with Crippen molar-refractivity contribution in [2.45, 2.75) is 57.4 Å². The maximum atomic E-state index is 10.3. The Morgan fingerprint density at radius 3 is 2.60 bits per heavy atom. The quantitative estimate of drug-likeness (QED) is 0.395. The lowest BCUT2D eigenvalue weighted by molar-refractivity contribution is -0.277. The topological polar surface area (TPSA) is 128 Å². The first-order valence-electron chi connectivity index (χ1n) is 9.93. The number of rotatable bonds is 6. The average Bonchev–Trinajstić information content (AvgIpc) is 3.35. The van der Waals surface area contributed by atoms with Crippen LogP contribution in [0.1, 0.15) is 27.9 Å². The van der Waals surface area contributed by atoms with Crippen molar-refractivity contribution < 1.29 is 29.9 Å². The second kappa shape index (κ2) is 8.62. The molecule has 0 amide bonds. The van der Waals surface area contributed by atoms with Gasteiger partial charge in [0.2, 0.25) is 6.29 Å². The summed E-state index contributed by atoms with van der Waals surface area (Å²) in [7, 11) is 0. The van der Waals surface area contributed by atoms with Crippen molar-refractivity contribution in [1.82, 2.24) is 10.2 Å². The molecule has 1 fully saturated rings. The normalized spacial score (nSPS) is 26.9. The molecule has 1 aliphatic heterocycles. The van der Waals surface area contributed by atoms with Gasteiger partial charge in [0.05, 0.1) is 23.2 Å². The lowest BCUT2D eigenvalue weighted by Gasteiger charge is -2.39. The number of fused-ring (bicyclic) bond motifs is 1. The molecule has 0 spiro atoms. The van der Waals surface area contributed by atoms with E-state index in [-0.39, 0.29) is 0 Å². The molecule has 1 aliphatic rings. The fourth-order valence-electron chi connectivity index (χ4n) is 3.70. The number of aliphatic hydroxyl groups is 4. The van der Waals surface area contributed by atoms with Gasteiger partial charge in [-0.15, -0.1) is 11.3 Å². The number of thiophene rings is 1. The molecule has 4 rings (SSSR count). The zero-order valence-electron chi connectivity index (χ0n) is 16.8. The molecule has 30 heavy (non-hydrogen) atoms. The Morgan fingerprint density at radius 2 is 1.90 bits per heavy atom. The van der Waals surface area contributed by atoms with Crippen molar-refractivity contribution >= 4 is 22.2 Å². The number of hydrogen-bond donors (Lipinski definition) is 5. The maximum absolute atomic E-state index is 10.3. The Kier molecular flexibility index (Phi) is 6.10. The summed E-state index contributed by atoms with van der Waals surface area (Å²) >= 11 is 1.75. The average molecular weight is 435 g/mol. The van der Waals surface area contributed by atoms with Crippen molar-refractivity contribution in [1.29, 1.82) is 0 Å². The molecule has 1 saturated heterocycles. The molecule has 3 heterocycles. The highest BCUT2D eigenvalue weighted by atomic mass is 32.1. The molecule has 0 saturated carbocycles. The van der Waals surface area contributed by atoms with Crippen LogP contribution in [0.3, 0.4) is 0 Å². The van der Waals surface area contributed by atoms with Crippen molar-refractivity contribution in [2.24, 2.45) is 0 Å². The first-order valence-corrected chi connectivity index (χ1v) is 10.7. The SMILES string of the molecule is CCc1ccc(Cc2[nH]nc3cc(C)cc(O[C@@H]4O[C@H](CO)[C@@H](O)[C@H](O)[C@H]4O)c23)s1. The monoisotopic (exact) mass is 434 g/mol. The van der Waals surface area contributed by atoms with E-state index in [1.807, 2.05) is 19.1 Å². The van der Waals surface area contributed by atoms with Gasteiger partial charge in [-0.3, -0.25) is 5.10 Å². The molecule has 9 heteroatoms. The van der Waals surface area contributed by atoms with Crippen LogP contribution < -0.4 is 4.74 Å². The van der Waals surface area contributed by atoms with Crippen molar-refractivity contribution in [2.75, 3.05) is 6.61 Å². The third kappa shape index (κ3) is 3.96. The van der Waals surface area contributed by atoms with Gasteiger partial charge in [0.1, 0.15) is 30.2 Å². The van der Waals surface area contributed by atoms with E-state index in [1.165, 1.54) is 9.75 Å². The molecule has 0 bridgehead atoms. The molecule has 5 N–H and O–H groups in total. The Hall–Kier alpha value is -2.01. The van der Waals surface area contributed by atoms with E-state index in [0.717, 1.165) is 28.6 Å². The summed E-state index contributed by atoms with van der Waals surface area (Å²) < 4.78 is 11.5. The Bertz CT molecular complexity index is 1020. The lowest BCUT2D eigenvalue weighted by Crippen LogP contribution is -2.60. The summed E-state index contributed by atoms with van der Waals surface area (Å²) in [6.07, 6.45) is -5.05. The molecule has 162 valence electrons. The minimum Gasteiger partial charge on any atom is -0.461 e. The Labute approximate surface area is 177 Å². The van der Waals surface area contributed by atoms with Crippen LogP contribution in [0.15, 0.2) is 24.3 Å². The van der Waals surface area contributed by atoms with Gasteiger partial charge in [-0.1, -0.05) is 6.92 Å². The molecule has 0 unspecified atom stereocenters. The van der Waals surface area contributed by atoms with Crippen LogP contribution in [-0.4, -0.2) is 67.9 Å². The molecule has 3 aromatic rings. The highest BCUT2D eigenvalue weighted by Gasteiger charge is 2.44. The number of H-pyrrole nitrogens is 1. The van der Waals surface area contributed by atoms with Crippen molar-refractivity contribution in [3.8, 4) is 5.75 Å². The number of aromatic nitrogens is 2.